The molecule has 1 N–H and O–H groups in total. The molecule has 2 aromatic rings. The van der Waals surface area contributed by atoms with Crippen LogP contribution >= 0.6 is 11.8 Å². The molecular weight excluding hydrogens is 252 g/mol. The summed E-state index contributed by atoms with van der Waals surface area (Å²) >= 11 is 1.96. The van der Waals surface area contributed by atoms with Gasteiger partial charge in [0, 0.05) is 29.9 Å². The summed E-state index contributed by atoms with van der Waals surface area (Å²) in [6, 6.07) is 11.3. The maximum atomic E-state index is 4.21. The Morgan fingerprint density at radius 2 is 2.21 bits per heavy atom. The molecule has 3 heteroatoms. The van der Waals surface area contributed by atoms with E-state index in [9.17, 15) is 0 Å². The number of aryl methyl sites for hydroxylation is 1. The van der Waals surface area contributed by atoms with Gasteiger partial charge < -0.3 is 5.32 Å². The van der Waals surface area contributed by atoms with Gasteiger partial charge in [0.05, 0.1) is 0 Å². The second kappa shape index (κ2) is 5.76. The molecule has 2 heterocycles. The number of aromatic nitrogens is 1. The van der Waals surface area contributed by atoms with Gasteiger partial charge in [-0.1, -0.05) is 18.2 Å². The van der Waals surface area contributed by atoms with Crippen molar-refractivity contribution in [3.8, 4) is 0 Å². The van der Waals surface area contributed by atoms with Gasteiger partial charge in [-0.15, -0.1) is 11.8 Å². The maximum Gasteiger partial charge on any atom is 0.0342 e. The van der Waals surface area contributed by atoms with Crippen LogP contribution in [0.4, 0.5) is 0 Å². The Morgan fingerprint density at radius 3 is 3.11 bits per heavy atom. The molecule has 1 atom stereocenters. The minimum Gasteiger partial charge on any atom is -0.306 e. The number of hydrogen-bond acceptors (Lipinski definition) is 3. The Labute approximate surface area is 118 Å². The van der Waals surface area contributed by atoms with Crippen LogP contribution in [0, 0.1) is 6.92 Å². The Kier molecular flexibility index (Phi) is 3.85. The average Bonchev–Trinajstić information content (AvgIpc) is 2.46. The van der Waals surface area contributed by atoms with Crippen LogP contribution in [0.25, 0.3) is 0 Å². The standard InChI is InChI=1S/C16H18N2S/c1-12-6-8-17-10-13(12)11-18-15-7-9-19-16-5-3-2-4-14(15)16/h2-6,8,10,15,18H,7,9,11H2,1H3. The molecule has 0 saturated carbocycles. The van der Waals surface area contributed by atoms with Crippen molar-refractivity contribution in [3.63, 3.8) is 0 Å². The van der Waals surface area contributed by atoms with Gasteiger partial charge in [0.1, 0.15) is 0 Å². The topological polar surface area (TPSA) is 24.9 Å². The summed E-state index contributed by atoms with van der Waals surface area (Å²) in [6.07, 6.45) is 5.01. The van der Waals surface area contributed by atoms with Crippen molar-refractivity contribution in [1.82, 2.24) is 10.3 Å². The van der Waals surface area contributed by atoms with E-state index < -0.39 is 0 Å². The Morgan fingerprint density at radius 1 is 1.32 bits per heavy atom. The van der Waals surface area contributed by atoms with Crippen molar-refractivity contribution < 1.29 is 0 Å². The number of thioether (sulfide) groups is 1. The van der Waals surface area contributed by atoms with Crippen LogP contribution in [0.5, 0.6) is 0 Å². The van der Waals surface area contributed by atoms with Crippen LogP contribution in [-0.4, -0.2) is 10.7 Å². The zero-order valence-electron chi connectivity index (χ0n) is 11.1. The first-order chi connectivity index (χ1) is 9.34. The van der Waals surface area contributed by atoms with Crippen molar-refractivity contribution in [3.05, 3.63) is 59.4 Å². The van der Waals surface area contributed by atoms with Crippen molar-refractivity contribution >= 4 is 11.8 Å². The van der Waals surface area contributed by atoms with E-state index in [-0.39, 0.29) is 0 Å². The molecule has 0 amide bonds. The molecule has 1 aliphatic rings. The summed E-state index contributed by atoms with van der Waals surface area (Å²) in [5.41, 5.74) is 4.04. The predicted molar refractivity (Wildman–Crippen MR) is 80.3 cm³/mol. The number of benzene rings is 1. The van der Waals surface area contributed by atoms with Gasteiger partial charge in [-0.2, -0.15) is 0 Å². The predicted octanol–water partition coefficient (Wildman–Crippen LogP) is 3.72. The van der Waals surface area contributed by atoms with E-state index in [1.807, 2.05) is 24.2 Å². The number of rotatable bonds is 3. The highest BCUT2D eigenvalue weighted by Gasteiger charge is 2.19. The lowest BCUT2D eigenvalue weighted by Gasteiger charge is -2.26. The average molecular weight is 270 g/mol. The van der Waals surface area contributed by atoms with E-state index in [1.54, 1.807) is 0 Å². The smallest absolute Gasteiger partial charge is 0.0342 e. The normalized spacial score (nSPS) is 18.1. The molecule has 0 spiro atoms. The summed E-state index contributed by atoms with van der Waals surface area (Å²) in [7, 11) is 0. The monoisotopic (exact) mass is 270 g/mol. The van der Waals surface area contributed by atoms with Crippen LogP contribution < -0.4 is 5.32 Å². The SMILES string of the molecule is Cc1ccncc1CNC1CCSc2ccccc21. The van der Waals surface area contributed by atoms with Crippen molar-refractivity contribution in [1.29, 1.82) is 0 Å². The molecule has 0 fully saturated rings. The number of pyridine rings is 1. The third-order valence-electron chi connectivity index (χ3n) is 3.64. The third kappa shape index (κ3) is 2.82. The highest BCUT2D eigenvalue weighted by atomic mass is 32.2. The maximum absolute atomic E-state index is 4.21. The van der Waals surface area contributed by atoms with Crippen LogP contribution in [0.15, 0.2) is 47.6 Å². The molecule has 0 bridgehead atoms. The summed E-state index contributed by atoms with van der Waals surface area (Å²) in [6.45, 7) is 3.03. The van der Waals surface area contributed by atoms with Gasteiger partial charge in [-0.25, -0.2) is 0 Å². The fraction of sp³-hybridized carbons (Fsp3) is 0.312. The highest BCUT2D eigenvalue weighted by molar-refractivity contribution is 7.99. The fourth-order valence-electron chi connectivity index (χ4n) is 2.47. The summed E-state index contributed by atoms with van der Waals surface area (Å²) in [5, 5.41) is 3.68. The van der Waals surface area contributed by atoms with Crippen molar-refractivity contribution in [2.45, 2.75) is 30.8 Å². The first-order valence-electron chi connectivity index (χ1n) is 6.69. The molecule has 1 aliphatic heterocycles. The first-order valence-corrected chi connectivity index (χ1v) is 7.68. The molecule has 1 unspecified atom stereocenters. The number of hydrogen-bond donors (Lipinski definition) is 1. The molecule has 0 saturated heterocycles. The molecule has 2 nitrogen and oxygen atoms in total. The van der Waals surface area contributed by atoms with Gasteiger partial charge in [-0.05, 0) is 47.9 Å². The molecule has 98 valence electrons. The quantitative estimate of drug-likeness (QED) is 0.920. The van der Waals surface area contributed by atoms with Crippen LogP contribution in [0.2, 0.25) is 0 Å². The van der Waals surface area contributed by atoms with Crippen molar-refractivity contribution in [2.24, 2.45) is 0 Å². The minimum atomic E-state index is 0.469. The van der Waals surface area contributed by atoms with E-state index in [2.05, 4.69) is 47.6 Å². The molecule has 0 radical (unpaired) electrons. The molecular formula is C16H18N2S. The summed E-state index contributed by atoms with van der Waals surface area (Å²) < 4.78 is 0. The van der Waals surface area contributed by atoms with Gasteiger partial charge in [0.25, 0.3) is 0 Å². The zero-order chi connectivity index (χ0) is 13.1. The lowest BCUT2D eigenvalue weighted by Crippen LogP contribution is -2.24. The van der Waals surface area contributed by atoms with E-state index in [1.165, 1.54) is 33.8 Å². The lowest BCUT2D eigenvalue weighted by atomic mass is 10.0. The van der Waals surface area contributed by atoms with Gasteiger partial charge in [0.15, 0.2) is 0 Å². The molecule has 1 aromatic heterocycles. The fourth-order valence-corrected chi connectivity index (χ4v) is 3.59. The zero-order valence-corrected chi connectivity index (χ0v) is 11.9. The number of nitrogens with zero attached hydrogens (tertiary/aromatic N) is 1. The molecule has 1 aromatic carbocycles. The number of nitrogens with one attached hydrogen (secondary N) is 1. The van der Waals surface area contributed by atoms with E-state index in [0.29, 0.717) is 6.04 Å². The number of fused-ring (bicyclic) bond motifs is 1. The van der Waals surface area contributed by atoms with Gasteiger partial charge >= 0.3 is 0 Å². The second-order valence-electron chi connectivity index (χ2n) is 4.91. The second-order valence-corrected chi connectivity index (χ2v) is 6.05. The lowest BCUT2D eigenvalue weighted by molar-refractivity contribution is 0.508. The molecule has 3 rings (SSSR count). The Bertz CT molecular complexity index is 568. The molecule has 19 heavy (non-hydrogen) atoms. The van der Waals surface area contributed by atoms with Crippen LogP contribution in [-0.2, 0) is 6.54 Å². The largest absolute Gasteiger partial charge is 0.306 e. The van der Waals surface area contributed by atoms with E-state index in [4.69, 9.17) is 0 Å². The van der Waals surface area contributed by atoms with Gasteiger partial charge in [0.2, 0.25) is 0 Å². The van der Waals surface area contributed by atoms with E-state index >= 15 is 0 Å². The van der Waals surface area contributed by atoms with Crippen molar-refractivity contribution in [2.75, 3.05) is 5.75 Å². The summed E-state index contributed by atoms with van der Waals surface area (Å²) in [5.74, 6) is 1.20. The highest BCUT2D eigenvalue weighted by Crippen LogP contribution is 2.35. The Hall–Kier alpha value is -1.32. The van der Waals surface area contributed by atoms with Gasteiger partial charge in [-0.3, -0.25) is 4.98 Å². The van der Waals surface area contributed by atoms with Crippen LogP contribution in [0.3, 0.4) is 0 Å². The third-order valence-corrected chi connectivity index (χ3v) is 4.77. The minimum absolute atomic E-state index is 0.469. The molecule has 0 aliphatic carbocycles. The Balaban J connectivity index is 1.73. The first kappa shape index (κ1) is 12.7. The van der Waals surface area contributed by atoms with E-state index in [0.717, 1.165) is 6.54 Å². The van der Waals surface area contributed by atoms with Crippen LogP contribution in [0.1, 0.15) is 29.2 Å². The summed E-state index contributed by atoms with van der Waals surface area (Å²) in [4.78, 5) is 5.63.